The summed E-state index contributed by atoms with van der Waals surface area (Å²) in [4.78, 5) is 22.9. The van der Waals surface area contributed by atoms with Crippen molar-refractivity contribution in [1.29, 1.82) is 0 Å². The van der Waals surface area contributed by atoms with Crippen molar-refractivity contribution in [3.8, 4) is 22.6 Å². The average molecular weight is 446 g/mol. The first-order chi connectivity index (χ1) is 16.2. The largest absolute Gasteiger partial charge is 0.496 e. The molecule has 7 nitrogen and oxygen atoms in total. The molecule has 3 aromatic rings. The molecule has 5 rings (SSSR count). The number of amides is 1. The van der Waals surface area contributed by atoms with Crippen LogP contribution in [0.2, 0.25) is 0 Å². The van der Waals surface area contributed by atoms with Crippen LogP contribution in [0.4, 0.5) is 0 Å². The highest BCUT2D eigenvalue weighted by Crippen LogP contribution is 2.39. The number of rotatable bonds is 5. The van der Waals surface area contributed by atoms with Crippen molar-refractivity contribution in [3.63, 3.8) is 0 Å². The van der Waals surface area contributed by atoms with Gasteiger partial charge in [-0.15, -0.1) is 0 Å². The lowest BCUT2D eigenvalue weighted by Gasteiger charge is -2.44. The van der Waals surface area contributed by atoms with Crippen molar-refractivity contribution in [1.82, 2.24) is 14.9 Å². The summed E-state index contributed by atoms with van der Waals surface area (Å²) in [5.74, 6) is 1.16. The fourth-order valence-corrected chi connectivity index (χ4v) is 4.51. The minimum absolute atomic E-state index is 0.154. The molecule has 2 aliphatic rings. The summed E-state index contributed by atoms with van der Waals surface area (Å²) in [6, 6.07) is 13.9. The van der Waals surface area contributed by atoms with Crippen molar-refractivity contribution in [2.75, 3.05) is 20.2 Å². The first kappa shape index (κ1) is 21.4. The monoisotopic (exact) mass is 445 g/mol. The predicted molar refractivity (Wildman–Crippen MR) is 123 cm³/mol. The fourth-order valence-electron chi connectivity index (χ4n) is 4.51. The summed E-state index contributed by atoms with van der Waals surface area (Å²) in [5, 5.41) is 0. The zero-order valence-electron chi connectivity index (χ0n) is 18.7. The van der Waals surface area contributed by atoms with E-state index in [4.69, 9.17) is 14.2 Å². The van der Waals surface area contributed by atoms with E-state index in [0.717, 1.165) is 33.8 Å². The molecule has 0 unspecified atom stereocenters. The molecule has 7 heteroatoms. The summed E-state index contributed by atoms with van der Waals surface area (Å²) >= 11 is 0. The van der Waals surface area contributed by atoms with Gasteiger partial charge in [0, 0.05) is 55.9 Å². The van der Waals surface area contributed by atoms with Crippen LogP contribution in [0.15, 0.2) is 61.2 Å². The van der Waals surface area contributed by atoms with E-state index >= 15 is 0 Å². The molecule has 1 amide bonds. The van der Waals surface area contributed by atoms with Crippen LogP contribution >= 0.6 is 0 Å². The number of methoxy groups -OCH3 is 1. The highest BCUT2D eigenvalue weighted by molar-refractivity contribution is 5.76. The normalized spacial score (nSPS) is 16.7. The highest BCUT2D eigenvalue weighted by Gasteiger charge is 2.41. The lowest BCUT2D eigenvalue weighted by Crippen LogP contribution is -2.52. The average Bonchev–Trinajstić information content (AvgIpc) is 2.88. The Balaban J connectivity index is 1.18. The van der Waals surface area contributed by atoms with Crippen LogP contribution in [0, 0.1) is 0 Å². The van der Waals surface area contributed by atoms with E-state index in [1.807, 2.05) is 41.3 Å². The minimum Gasteiger partial charge on any atom is -0.496 e. The Hall–Kier alpha value is -3.45. The van der Waals surface area contributed by atoms with Crippen molar-refractivity contribution in [3.05, 3.63) is 72.3 Å². The van der Waals surface area contributed by atoms with Crippen LogP contribution in [0.3, 0.4) is 0 Å². The number of hydrogen-bond donors (Lipinski definition) is 0. The Morgan fingerprint density at radius 1 is 1.09 bits per heavy atom. The lowest BCUT2D eigenvalue weighted by molar-refractivity contribution is -0.227. The van der Waals surface area contributed by atoms with Gasteiger partial charge < -0.3 is 19.1 Å². The van der Waals surface area contributed by atoms with Gasteiger partial charge >= 0.3 is 0 Å². The Bertz CT molecular complexity index is 1130. The lowest BCUT2D eigenvalue weighted by atomic mass is 9.99. The van der Waals surface area contributed by atoms with E-state index in [1.54, 1.807) is 19.5 Å². The van der Waals surface area contributed by atoms with Gasteiger partial charge in [0.2, 0.25) is 11.7 Å². The van der Waals surface area contributed by atoms with E-state index in [0.29, 0.717) is 45.4 Å². The third-order valence-electron chi connectivity index (χ3n) is 6.42. The molecule has 0 aliphatic carbocycles. The molecule has 1 spiro atoms. The zero-order chi connectivity index (χ0) is 22.7. The van der Waals surface area contributed by atoms with Crippen molar-refractivity contribution in [2.45, 2.75) is 38.1 Å². The Kier molecular flexibility index (Phi) is 5.96. The number of piperidine rings is 1. The second kappa shape index (κ2) is 9.19. The molecule has 1 aromatic heterocycles. The van der Waals surface area contributed by atoms with Gasteiger partial charge in [0.05, 0.1) is 13.7 Å². The van der Waals surface area contributed by atoms with Gasteiger partial charge in [-0.3, -0.25) is 4.79 Å². The van der Waals surface area contributed by atoms with E-state index in [-0.39, 0.29) is 5.91 Å². The van der Waals surface area contributed by atoms with Crippen molar-refractivity contribution >= 4 is 5.91 Å². The van der Waals surface area contributed by atoms with E-state index < -0.39 is 5.79 Å². The summed E-state index contributed by atoms with van der Waals surface area (Å²) in [6.07, 6.45) is 7.54. The molecular weight excluding hydrogens is 418 g/mol. The number of fused-ring (bicyclic) bond motifs is 1. The molecule has 0 bridgehead atoms. The summed E-state index contributed by atoms with van der Waals surface area (Å²) in [6.45, 7) is 1.73. The standard InChI is InChI=1S/C26H27N3O4/c1-31-23-5-3-2-4-19(23)7-9-25(30)29-12-10-26(11-13-29)32-17-21-14-20(6-8-24(21)33-26)22-15-27-18-28-16-22/h2-6,8,14-16,18H,7,9-13,17H2,1H3. The Morgan fingerprint density at radius 2 is 1.88 bits per heavy atom. The molecule has 0 radical (unpaired) electrons. The third kappa shape index (κ3) is 4.54. The second-order valence-corrected chi connectivity index (χ2v) is 8.44. The van der Waals surface area contributed by atoms with Gasteiger partial charge in [-0.05, 0) is 35.7 Å². The number of carbonyl (C=O) groups excluding carboxylic acids is 1. The SMILES string of the molecule is COc1ccccc1CCC(=O)N1CCC2(CC1)OCc1cc(-c3cncnc3)ccc1O2. The van der Waals surface area contributed by atoms with E-state index in [9.17, 15) is 4.79 Å². The molecule has 1 saturated heterocycles. The summed E-state index contributed by atoms with van der Waals surface area (Å²) < 4.78 is 17.9. The number of aryl methyl sites for hydroxylation is 1. The smallest absolute Gasteiger partial charge is 0.222 e. The third-order valence-corrected chi connectivity index (χ3v) is 6.42. The molecule has 3 heterocycles. The molecular formula is C26H27N3O4. The van der Waals surface area contributed by atoms with Crippen LogP contribution in [0.1, 0.15) is 30.4 Å². The number of likely N-dealkylation sites (tertiary alicyclic amines) is 1. The maximum absolute atomic E-state index is 12.8. The highest BCUT2D eigenvalue weighted by atomic mass is 16.7. The van der Waals surface area contributed by atoms with Crippen LogP contribution < -0.4 is 9.47 Å². The van der Waals surface area contributed by atoms with Gasteiger partial charge in [0.15, 0.2) is 0 Å². The number of hydrogen-bond acceptors (Lipinski definition) is 6. The van der Waals surface area contributed by atoms with Crippen LogP contribution in [-0.4, -0.2) is 46.8 Å². The first-order valence-corrected chi connectivity index (χ1v) is 11.3. The Morgan fingerprint density at radius 3 is 2.67 bits per heavy atom. The van der Waals surface area contributed by atoms with Crippen molar-refractivity contribution in [2.24, 2.45) is 0 Å². The van der Waals surface area contributed by atoms with Crippen LogP contribution in [0.25, 0.3) is 11.1 Å². The van der Waals surface area contributed by atoms with Gasteiger partial charge in [0.25, 0.3) is 0 Å². The topological polar surface area (TPSA) is 73.8 Å². The number of ether oxygens (including phenoxy) is 3. The van der Waals surface area contributed by atoms with Crippen molar-refractivity contribution < 1.29 is 19.0 Å². The summed E-state index contributed by atoms with van der Waals surface area (Å²) in [5.41, 5.74) is 4.06. The van der Waals surface area contributed by atoms with Gasteiger partial charge in [-0.2, -0.15) is 0 Å². The Labute approximate surface area is 193 Å². The molecule has 2 aromatic carbocycles. The second-order valence-electron chi connectivity index (χ2n) is 8.44. The van der Waals surface area contributed by atoms with Crippen LogP contribution in [0.5, 0.6) is 11.5 Å². The number of para-hydroxylation sites is 1. The summed E-state index contributed by atoms with van der Waals surface area (Å²) in [7, 11) is 1.66. The number of aromatic nitrogens is 2. The molecule has 2 aliphatic heterocycles. The quantitative estimate of drug-likeness (QED) is 0.591. The molecule has 0 atom stereocenters. The van der Waals surface area contributed by atoms with Gasteiger partial charge in [-0.1, -0.05) is 24.3 Å². The van der Waals surface area contributed by atoms with Gasteiger partial charge in [-0.25, -0.2) is 9.97 Å². The molecule has 170 valence electrons. The maximum Gasteiger partial charge on any atom is 0.222 e. The molecule has 0 saturated carbocycles. The van der Waals surface area contributed by atoms with E-state index in [2.05, 4.69) is 16.0 Å². The minimum atomic E-state index is -0.663. The number of nitrogens with zero attached hydrogens (tertiary/aromatic N) is 3. The van der Waals surface area contributed by atoms with Gasteiger partial charge in [0.1, 0.15) is 17.8 Å². The first-order valence-electron chi connectivity index (χ1n) is 11.3. The fraction of sp³-hybridized carbons (Fsp3) is 0.346. The predicted octanol–water partition coefficient (Wildman–Crippen LogP) is 4.01. The molecule has 33 heavy (non-hydrogen) atoms. The molecule has 0 N–H and O–H groups in total. The van der Waals surface area contributed by atoms with E-state index in [1.165, 1.54) is 6.33 Å². The number of carbonyl (C=O) groups is 1. The van der Waals surface area contributed by atoms with Crippen LogP contribution in [-0.2, 0) is 22.6 Å². The maximum atomic E-state index is 12.8. The number of benzene rings is 2. The molecule has 1 fully saturated rings. The zero-order valence-corrected chi connectivity index (χ0v) is 18.7.